The maximum Gasteiger partial charge on any atom is 0.303 e. The first-order valence-electron chi connectivity index (χ1n) is 8.74. The highest BCUT2D eigenvalue weighted by atomic mass is 16.5. The van der Waals surface area contributed by atoms with E-state index in [1.165, 1.54) is 24.5 Å². The molecule has 0 saturated carbocycles. The molecule has 0 spiro atoms. The van der Waals surface area contributed by atoms with Crippen LogP contribution in [-0.2, 0) is 9.59 Å². The minimum Gasteiger partial charge on any atom is -0.492 e. The molecule has 0 saturated heterocycles. The predicted molar refractivity (Wildman–Crippen MR) is 101 cm³/mol. The smallest absolute Gasteiger partial charge is 0.303 e. The summed E-state index contributed by atoms with van der Waals surface area (Å²) in [7, 11) is 0. The number of furan rings is 1. The van der Waals surface area contributed by atoms with Crippen LogP contribution in [0.3, 0.4) is 0 Å². The normalized spacial score (nSPS) is 10.2. The second-order valence-corrected chi connectivity index (χ2v) is 5.58. The summed E-state index contributed by atoms with van der Waals surface area (Å²) < 4.78 is 16.2. The molecule has 0 radical (unpaired) electrons. The Bertz CT molecular complexity index is 831. The Kier molecular flexibility index (Phi) is 7.44. The van der Waals surface area contributed by atoms with E-state index in [9.17, 15) is 14.4 Å². The second-order valence-electron chi connectivity index (χ2n) is 5.58. The summed E-state index contributed by atoms with van der Waals surface area (Å²) in [5, 5.41) is 14.0. The monoisotopic (exact) mass is 390 g/mol. The number of ether oxygens (including phenoxy) is 2. The van der Waals surface area contributed by atoms with E-state index in [4.69, 9.17) is 19.0 Å². The topological polar surface area (TPSA) is 127 Å². The van der Waals surface area contributed by atoms with Gasteiger partial charge in [-0.2, -0.15) is 0 Å². The number of nitrogens with one attached hydrogen (secondary N) is 2. The zero-order valence-electron chi connectivity index (χ0n) is 15.6. The van der Waals surface area contributed by atoms with Crippen LogP contribution in [0.5, 0.6) is 11.5 Å². The van der Waals surface area contributed by atoms with E-state index in [1.54, 1.807) is 19.9 Å². The van der Waals surface area contributed by atoms with E-state index >= 15 is 0 Å². The van der Waals surface area contributed by atoms with E-state index in [1.807, 2.05) is 0 Å². The number of benzene rings is 1. The molecule has 0 fully saturated rings. The molecular formula is C19H22N2O7. The summed E-state index contributed by atoms with van der Waals surface area (Å²) in [6.07, 6.45) is 0.924. The highest BCUT2D eigenvalue weighted by Crippen LogP contribution is 2.37. The Morgan fingerprint density at radius 1 is 1.00 bits per heavy atom. The lowest BCUT2D eigenvalue weighted by Crippen LogP contribution is -2.16. The van der Waals surface area contributed by atoms with Gasteiger partial charge in [0.2, 0.25) is 5.91 Å². The Morgan fingerprint density at radius 2 is 1.61 bits per heavy atom. The quantitative estimate of drug-likeness (QED) is 0.569. The fraction of sp³-hybridized carbons (Fsp3) is 0.316. The Labute approximate surface area is 161 Å². The van der Waals surface area contributed by atoms with E-state index in [-0.39, 0.29) is 18.6 Å². The van der Waals surface area contributed by atoms with Crippen LogP contribution >= 0.6 is 0 Å². The van der Waals surface area contributed by atoms with Gasteiger partial charge in [0.15, 0.2) is 5.76 Å². The highest BCUT2D eigenvalue weighted by Gasteiger charge is 2.18. The lowest BCUT2D eigenvalue weighted by atomic mass is 10.2. The van der Waals surface area contributed by atoms with Crippen molar-refractivity contribution in [3.8, 4) is 11.5 Å². The van der Waals surface area contributed by atoms with E-state index in [2.05, 4.69) is 10.6 Å². The van der Waals surface area contributed by atoms with Gasteiger partial charge in [-0.25, -0.2) is 0 Å². The molecule has 9 nitrogen and oxygen atoms in total. The molecule has 1 aromatic heterocycles. The zero-order chi connectivity index (χ0) is 20.5. The number of rotatable bonds is 10. The Balaban J connectivity index is 2.29. The molecule has 0 unspecified atom stereocenters. The number of carboxylic acids is 1. The van der Waals surface area contributed by atoms with Gasteiger partial charge in [-0.05, 0) is 26.0 Å². The number of aliphatic carboxylic acids is 1. The van der Waals surface area contributed by atoms with Gasteiger partial charge in [-0.1, -0.05) is 0 Å². The lowest BCUT2D eigenvalue weighted by molar-refractivity contribution is -0.138. The highest BCUT2D eigenvalue weighted by molar-refractivity contribution is 6.04. The van der Waals surface area contributed by atoms with Crippen LogP contribution in [0.4, 0.5) is 11.4 Å². The number of amides is 2. The molecule has 1 aromatic carbocycles. The van der Waals surface area contributed by atoms with Gasteiger partial charge in [-0.15, -0.1) is 0 Å². The van der Waals surface area contributed by atoms with Crippen LogP contribution in [0.1, 0.15) is 37.2 Å². The van der Waals surface area contributed by atoms with Gasteiger partial charge in [0, 0.05) is 18.6 Å². The number of anilines is 2. The van der Waals surface area contributed by atoms with Gasteiger partial charge in [0.25, 0.3) is 5.91 Å². The summed E-state index contributed by atoms with van der Waals surface area (Å²) >= 11 is 0. The SMILES string of the molecule is CCOc1cc(NC(=O)c2ccco2)c(OCC)cc1NC(=O)CCC(=O)O. The van der Waals surface area contributed by atoms with Gasteiger partial charge in [0.05, 0.1) is 37.3 Å². The van der Waals surface area contributed by atoms with E-state index < -0.39 is 17.8 Å². The molecule has 0 bridgehead atoms. The first kappa shape index (κ1) is 20.8. The third kappa shape index (κ3) is 5.76. The van der Waals surface area contributed by atoms with Gasteiger partial charge < -0.3 is 29.6 Å². The second kappa shape index (κ2) is 10.0. The third-order valence-electron chi connectivity index (χ3n) is 3.51. The van der Waals surface area contributed by atoms with Gasteiger partial charge in [0.1, 0.15) is 11.5 Å². The van der Waals surface area contributed by atoms with Crippen LogP contribution < -0.4 is 20.1 Å². The molecule has 0 atom stereocenters. The summed E-state index contributed by atoms with van der Waals surface area (Å²) in [6.45, 7) is 4.19. The third-order valence-corrected chi connectivity index (χ3v) is 3.51. The number of hydrogen-bond acceptors (Lipinski definition) is 6. The van der Waals surface area contributed by atoms with Crippen LogP contribution in [0.2, 0.25) is 0 Å². The van der Waals surface area contributed by atoms with Gasteiger partial charge in [-0.3, -0.25) is 14.4 Å². The van der Waals surface area contributed by atoms with Crippen LogP contribution in [0.15, 0.2) is 34.9 Å². The standard InChI is InChI=1S/C19H22N2O7/c1-3-26-15-11-13(21-19(25)14-6-5-9-28-14)16(27-4-2)10-12(15)20-17(22)7-8-18(23)24/h5-6,9-11H,3-4,7-8H2,1-2H3,(H,20,22)(H,21,25)(H,23,24). The molecule has 0 aliphatic heterocycles. The summed E-state index contributed by atoms with van der Waals surface area (Å²) in [5.74, 6) is -1.24. The molecule has 2 amide bonds. The number of hydrogen-bond donors (Lipinski definition) is 3. The molecular weight excluding hydrogens is 368 g/mol. The van der Waals surface area contributed by atoms with Crippen molar-refractivity contribution in [2.75, 3.05) is 23.8 Å². The van der Waals surface area contributed by atoms with E-state index in [0.717, 1.165) is 0 Å². The Hall–Kier alpha value is -3.49. The lowest BCUT2D eigenvalue weighted by Gasteiger charge is -2.17. The largest absolute Gasteiger partial charge is 0.492 e. The van der Waals surface area contributed by atoms with E-state index in [0.29, 0.717) is 36.1 Å². The van der Waals surface area contributed by atoms with Crippen molar-refractivity contribution in [1.82, 2.24) is 0 Å². The zero-order valence-corrected chi connectivity index (χ0v) is 15.6. The molecule has 3 N–H and O–H groups in total. The van der Waals surface area contributed by atoms with Crippen LogP contribution in [0, 0.1) is 0 Å². The van der Waals surface area contributed by atoms with Crippen molar-refractivity contribution in [2.24, 2.45) is 0 Å². The minimum atomic E-state index is -1.06. The molecule has 150 valence electrons. The molecule has 0 aliphatic rings. The number of carbonyl (C=O) groups excluding carboxylic acids is 2. The maximum atomic E-state index is 12.3. The Morgan fingerprint density at radius 3 is 2.11 bits per heavy atom. The fourth-order valence-corrected chi connectivity index (χ4v) is 2.33. The molecule has 28 heavy (non-hydrogen) atoms. The van der Waals surface area contributed by atoms with Crippen molar-refractivity contribution in [3.05, 3.63) is 36.3 Å². The van der Waals surface area contributed by atoms with Crippen molar-refractivity contribution >= 4 is 29.2 Å². The van der Waals surface area contributed by atoms with Crippen molar-refractivity contribution in [3.63, 3.8) is 0 Å². The van der Waals surface area contributed by atoms with Crippen molar-refractivity contribution in [1.29, 1.82) is 0 Å². The van der Waals surface area contributed by atoms with Crippen molar-refractivity contribution < 1.29 is 33.4 Å². The van der Waals surface area contributed by atoms with Crippen molar-refractivity contribution in [2.45, 2.75) is 26.7 Å². The first-order valence-corrected chi connectivity index (χ1v) is 8.74. The summed E-state index contributed by atoms with van der Waals surface area (Å²) in [6, 6.07) is 6.17. The number of carbonyl (C=O) groups is 3. The van der Waals surface area contributed by atoms with Gasteiger partial charge >= 0.3 is 5.97 Å². The minimum absolute atomic E-state index is 0.131. The molecule has 9 heteroatoms. The first-order chi connectivity index (χ1) is 13.4. The fourth-order valence-electron chi connectivity index (χ4n) is 2.33. The average molecular weight is 390 g/mol. The predicted octanol–water partition coefficient (Wildman–Crippen LogP) is 3.13. The van der Waals surface area contributed by atoms with Crippen LogP contribution in [-0.4, -0.2) is 36.1 Å². The molecule has 0 aliphatic carbocycles. The molecule has 2 rings (SSSR count). The summed E-state index contributed by atoms with van der Waals surface area (Å²) in [4.78, 5) is 34.9. The summed E-state index contributed by atoms with van der Waals surface area (Å²) in [5.41, 5.74) is 0.659. The molecule has 2 aromatic rings. The van der Waals surface area contributed by atoms with Crippen LogP contribution in [0.25, 0.3) is 0 Å². The molecule has 1 heterocycles. The average Bonchev–Trinajstić information content (AvgIpc) is 3.18. The number of carboxylic acid groups (broad SMARTS) is 1. The maximum absolute atomic E-state index is 12.3.